The smallest absolute Gasteiger partial charge is 0.356 e. The lowest BCUT2D eigenvalue weighted by Gasteiger charge is -2.19. The second-order valence-corrected chi connectivity index (χ2v) is 11.7. The first-order valence-corrected chi connectivity index (χ1v) is 14.6. The fourth-order valence-corrected chi connectivity index (χ4v) is 5.98. The Balaban J connectivity index is 1.25. The molecule has 1 fully saturated rings. The van der Waals surface area contributed by atoms with Crippen LogP contribution in [0.15, 0.2) is 59.4 Å². The van der Waals surface area contributed by atoms with Crippen LogP contribution in [0.5, 0.6) is 0 Å². The van der Waals surface area contributed by atoms with Gasteiger partial charge >= 0.3 is 7.60 Å². The molecule has 5 rings (SSSR count). The van der Waals surface area contributed by atoms with Crippen molar-refractivity contribution in [3.8, 4) is 0 Å². The minimum atomic E-state index is -3.78. The van der Waals surface area contributed by atoms with Gasteiger partial charge in [-0.05, 0) is 37.1 Å². The predicted molar refractivity (Wildman–Crippen MR) is 143 cm³/mol. The largest absolute Gasteiger partial charge is 0.427 e. The van der Waals surface area contributed by atoms with Crippen molar-refractivity contribution in [3.63, 3.8) is 0 Å². The summed E-state index contributed by atoms with van der Waals surface area (Å²) in [6.45, 7) is 4.01. The molecule has 1 saturated carbocycles. The quantitative estimate of drug-likeness (QED) is 0.229. The summed E-state index contributed by atoms with van der Waals surface area (Å²) in [6, 6.07) is 7.04. The standard InChI is InChI=1S/C25H29ClN5O7P/c1-16-37-20(22(38-16)18-6-2-3-7-18)13-36-39(33,35-12-17-5-4-8-19(26)11-17)15-34-10-9-31-14-28-21-23(31)29-25(27)30-24(21)32/h4-5,8,11,14,18H,1-3,6-7,9-10,12-13,15H2,(H3,27,29,30,32). The molecule has 0 bridgehead atoms. The van der Waals surface area contributed by atoms with Gasteiger partial charge in [-0.3, -0.25) is 18.9 Å². The molecule has 1 unspecified atom stereocenters. The molecule has 12 nitrogen and oxygen atoms in total. The maximum atomic E-state index is 13.8. The lowest BCUT2D eigenvalue weighted by Crippen LogP contribution is -2.14. The molecule has 3 aromatic rings. The number of aromatic nitrogens is 4. The summed E-state index contributed by atoms with van der Waals surface area (Å²) in [5.41, 5.74) is 6.43. The van der Waals surface area contributed by atoms with Crippen molar-refractivity contribution < 1.29 is 27.8 Å². The molecule has 3 N–H and O–H groups in total. The first-order valence-electron chi connectivity index (χ1n) is 12.5. The third-order valence-corrected chi connectivity index (χ3v) is 8.17. The number of ether oxygens (including phenoxy) is 3. The van der Waals surface area contributed by atoms with E-state index in [9.17, 15) is 9.36 Å². The number of nitrogens with two attached hydrogens (primary N) is 1. The third-order valence-electron chi connectivity index (χ3n) is 6.39. The fourth-order valence-electron chi connectivity index (χ4n) is 4.53. The zero-order chi connectivity index (χ0) is 27.4. The number of H-pyrrole nitrogens is 1. The van der Waals surface area contributed by atoms with Gasteiger partial charge in [-0.15, -0.1) is 0 Å². The average Bonchev–Trinajstić information content (AvgIpc) is 3.65. The van der Waals surface area contributed by atoms with Crippen LogP contribution >= 0.6 is 19.2 Å². The number of aromatic amines is 1. The van der Waals surface area contributed by atoms with E-state index in [2.05, 4.69) is 21.5 Å². The number of nitrogens with one attached hydrogen (secondary N) is 1. The fraction of sp³-hybridized carbons (Fsp3) is 0.400. The van der Waals surface area contributed by atoms with Crippen LogP contribution in [0.4, 0.5) is 5.95 Å². The highest BCUT2D eigenvalue weighted by molar-refractivity contribution is 7.53. The van der Waals surface area contributed by atoms with Crippen LogP contribution in [0.25, 0.3) is 11.2 Å². The minimum Gasteiger partial charge on any atom is -0.427 e. The number of fused-ring (bicyclic) bond motifs is 1. The number of nitrogens with zero attached hydrogens (tertiary/aromatic N) is 3. The normalized spacial score (nSPS) is 17.5. The number of rotatable bonds is 12. The Bertz CT molecular complexity index is 1500. The van der Waals surface area contributed by atoms with Gasteiger partial charge in [0.2, 0.25) is 5.95 Å². The van der Waals surface area contributed by atoms with Gasteiger partial charge in [0.05, 0.1) is 19.5 Å². The Morgan fingerprint density at radius 2 is 2.03 bits per heavy atom. The molecule has 1 aliphatic carbocycles. The van der Waals surface area contributed by atoms with E-state index in [4.69, 9.17) is 40.6 Å². The second kappa shape index (κ2) is 11.9. The molecule has 1 aromatic carbocycles. The molecule has 2 aromatic heterocycles. The maximum Gasteiger partial charge on any atom is 0.356 e. The number of imidazole rings is 1. The molecule has 208 valence electrons. The van der Waals surface area contributed by atoms with E-state index in [1.165, 1.54) is 6.33 Å². The zero-order valence-electron chi connectivity index (χ0n) is 21.1. The van der Waals surface area contributed by atoms with Gasteiger partial charge in [-0.25, -0.2) is 4.98 Å². The van der Waals surface area contributed by atoms with Gasteiger partial charge in [0.25, 0.3) is 11.5 Å². The van der Waals surface area contributed by atoms with Crippen molar-refractivity contribution in [3.05, 3.63) is 75.6 Å². The molecule has 1 aliphatic heterocycles. The van der Waals surface area contributed by atoms with Gasteiger partial charge in [0.15, 0.2) is 22.7 Å². The molecule has 0 amide bonds. The molecule has 39 heavy (non-hydrogen) atoms. The highest BCUT2D eigenvalue weighted by Gasteiger charge is 2.34. The molecule has 1 atom stereocenters. The van der Waals surface area contributed by atoms with Gasteiger partial charge in [0, 0.05) is 17.5 Å². The van der Waals surface area contributed by atoms with Crippen LogP contribution < -0.4 is 11.3 Å². The SMILES string of the molecule is C=C1OC(COP(=O)(COCCn2cnc3c(=O)[nH]c(N)nc32)OCc2cccc(Cl)c2)=C(C2CCCC2)O1. The van der Waals surface area contributed by atoms with Crippen LogP contribution in [0.1, 0.15) is 31.2 Å². The molecular weight excluding hydrogens is 549 g/mol. The number of hydrogen-bond acceptors (Lipinski definition) is 10. The molecule has 14 heteroatoms. The summed E-state index contributed by atoms with van der Waals surface area (Å²) in [6.07, 6.45) is 5.31. The van der Waals surface area contributed by atoms with E-state index in [1.54, 1.807) is 28.8 Å². The van der Waals surface area contributed by atoms with Crippen molar-refractivity contribution >= 4 is 36.3 Å². The molecule has 0 radical (unpaired) electrons. The van der Waals surface area contributed by atoms with Gasteiger partial charge in [-0.2, -0.15) is 4.98 Å². The summed E-state index contributed by atoms with van der Waals surface area (Å²) in [5.74, 6) is 1.48. The number of allylic oxidation sites excluding steroid dienone is 1. The van der Waals surface area contributed by atoms with E-state index in [0.29, 0.717) is 22.2 Å². The average molecular weight is 578 g/mol. The number of anilines is 1. The highest BCUT2D eigenvalue weighted by atomic mass is 35.5. The van der Waals surface area contributed by atoms with Gasteiger partial charge in [-0.1, -0.05) is 36.6 Å². The maximum absolute atomic E-state index is 13.8. The van der Waals surface area contributed by atoms with Crippen LogP contribution in [0.2, 0.25) is 5.02 Å². The van der Waals surface area contributed by atoms with E-state index in [1.807, 2.05) is 0 Å². The number of benzene rings is 1. The van der Waals surface area contributed by atoms with Crippen LogP contribution in [0, 0.1) is 5.92 Å². The Morgan fingerprint density at radius 3 is 2.82 bits per heavy atom. The summed E-state index contributed by atoms with van der Waals surface area (Å²) < 4.78 is 44.1. The van der Waals surface area contributed by atoms with E-state index >= 15 is 0 Å². The van der Waals surface area contributed by atoms with E-state index in [-0.39, 0.29) is 56.0 Å². The number of halogens is 1. The van der Waals surface area contributed by atoms with Crippen LogP contribution in [0.3, 0.4) is 0 Å². The first-order chi connectivity index (χ1) is 18.8. The second-order valence-electron chi connectivity index (χ2n) is 9.23. The zero-order valence-corrected chi connectivity index (χ0v) is 22.8. The topological polar surface area (TPSA) is 153 Å². The Labute approximate surface area is 229 Å². The number of hydrogen-bond donors (Lipinski definition) is 2. The Kier molecular flexibility index (Phi) is 8.39. The van der Waals surface area contributed by atoms with Crippen molar-refractivity contribution in [1.29, 1.82) is 0 Å². The van der Waals surface area contributed by atoms with E-state index in [0.717, 1.165) is 31.2 Å². The third kappa shape index (κ3) is 6.71. The van der Waals surface area contributed by atoms with Gasteiger partial charge in [0.1, 0.15) is 13.0 Å². The van der Waals surface area contributed by atoms with Crippen molar-refractivity contribution in [1.82, 2.24) is 19.5 Å². The van der Waals surface area contributed by atoms with Crippen LogP contribution in [-0.2, 0) is 41.0 Å². The summed E-state index contributed by atoms with van der Waals surface area (Å²) in [7, 11) is -3.78. The van der Waals surface area contributed by atoms with Crippen molar-refractivity contribution in [2.24, 2.45) is 5.92 Å². The van der Waals surface area contributed by atoms with Crippen molar-refractivity contribution in [2.45, 2.75) is 38.8 Å². The lowest BCUT2D eigenvalue weighted by molar-refractivity contribution is 0.114. The van der Waals surface area contributed by atoms with Crippen molar-refractivity contribution in [2.75, 3.05) is 25.3 Å². The Hall–Kier alpha value is -3.15. The number of nitrogen functional groups attached to an aromatic ring is 1. The summed E-state index contributed by atoms with van der Waals surface area (Å²) >= 11 is 6.08. The lowest BCUT2D eigenvalue weighted by atomic mass is 10.1. The summed E-state index contributed by atoms with van der Waals surface area (Å²) in [4.78, 5) is 22.6. The van der Waals surface area contributed by atoms with Crippen LogP contribution in [-0.4, -0.2) is 39.1 Å². The molecule has 2 aliphatic rings. The minimum absolute atomic E-state index is 0.00206. The Morgan fingerprint density at radius 1 is 1.23 bits per heavy atom. The van der Waals surface area contributed by atoms with Gasteiger partial charge < -0.3 is 29.0 Å². The summed E-state index contributed by atoms with van der Waals surface area (Å²) in [5, 5.41) is 0.533. The van der Waals surface area contributed by atoms with E-state index < -0.39 is 13.2 Å². The molecule has 0 spiro atoms. The predicted octanol–water partition coefficient (Wildman–Crippen LogP) is 4.68. The monoisotopic (exact) mass is 577 g/mol. The molecule has 0 saturated heterocycles. The molecule has 3 heterocycles. The first kappa shape index (κ1) is 27.4. The highest BCUT2D eigenvalue weighted by Crippen LogP contribution is 2.50. The molecular formula is C25H29ClN5O7P.